The summed E-state index contributed by atoms with van der Waals surface area (Å²) in [5, 5.41) is 8.02. The first-order valence-electron chi connectivity index (χ1n) is 9.87. The van der Waals surface area contributed by atoms with Gasteiger partial charge in [-0.3, -0.25) is 19.7 Å². The summed E-state index contributed by atoms with van der Waals surface area (Å²) in [6, 6.07) is 6.03. The van der Waals surface area contributed by atoms with Crippen LogP contribution in [-0.2, 0) is 11.8 Å². The van der Waals surface area contributed by atoms with Crippen LogP contribution in [0.15, 0.2) is 36.8 Å². The van der Waals surface area contributed by atoms with E-state index < -0.39 is 0 Å². The van der Waals surface area contributed by atoms with Crippen molar-refractivity contribution in [2.45, 2.75) is 25.7 Å². The van der Waals surface area contributed by atoms with Gasteiger partial charge in [0, 0.05) is 30.4 Å². The number of hydrogen-bond acceptors (Lipinski definition) is 5. The summed E-state index contributed by atoms with van der Waals surface area (Å²) >= 11 is 0. The molecule has 1 aromatic carbocycles. The van der Waals surface area contributed by atoms with E-state index in [2.05, 4.69) is 25.3 Å². The fraction of sp³-hybridized carbons (Fsp3) is 0.429. The molecule has 144 valence electrons. The number of carbonyl (C=O) groups is 1. The number of benzene rings is 1. The van der Waals surface area contributed by atoms with Crippen LogP contribution in [0.2, 0.25) is 0 Å². The highest BCUT2D eigenvalue weighted by Crippen LogP contribution is 2.53. The van der Waals surface area contributed by atoms with Gasteiger partial charge in [-0.15, -0.1) is 0 Å². The topological polar surface area (TPSA) is 75.9 Å². The Bertz CT molecular complexity index is 1030. The molecular formula is C21H24N6O. The van der Waals surface area contributed by atoms with Gasteiger partial charge in [0.05, 0.1) is 18.3 Å². The second kappa shape index (κ2) is 6.67. The van der Waals surface area contributed by atoms with Crippen molar-refractivity contribution in [3.63, 3.8) is 0 Å². The molecule has 0 bridgehead atoms. The summed E-state index contributed by atoms with van der Waals surface area (Å²) in [6.45, 7) is 2.44. The third-order valence-electron chi connectivity index (χ3n) is 6.11. The van der Waals surface area contributed by atoms with Crippen LogP contribution in [0, 0.1) is 5.41 Å². The van der Waals surface area contributed by atoms with E-state index in [9.17, 15) is 4.79 Å². The van der Waals surface area contributed by atoms with Gasteiger partial charge in [0.15, 0.2) is 0 Å². The van der Waals surface area contributed by atoms with E-state index in [1.165, 1.54) is 25.7 Å². The molecule has 2 aliphatic rings. The fourth-order valence-corrected chi connectivity index (χ4v) is 4.06. The van der Waals surface area contributed by atoms with Gasteiger partial charge in [-0.2, -0.15) is 5.10 Å². The predicted molar refractivity (Wildman–Crippen MR) is 108 cm³/mol. The Hall–Kier alpha value is -2.80. The monoisotopic (exact) mass is 376 g/mol. The van der Waals surface area contributed by atoms with Gasteiger partial charge in [-0.05, 0) is 55.8 Å². The first-order valence-corrected chi connectivity index (χ1v) is 9.87. The number of nitrogens with one attached hydrogen (secondary N) is 1. The molecule has 7 nitrogen and oxygen atoms in total. The van der Waals surface area contributed by atoms with Gasteiger partial charge in [0.1, 0.15) is 0 Å². The quantitative estimate of drug-likeness (QED) is 0.758. The Morgan fingerprint density at radius 2 is 1.96 bits per heavy atom. The van der Waals surface area contributed by atoms with E-state index in [1.54, 1.807) is 10.9 Å². The highest BCUT2D eigenvalue weighted by molar-refractivity contribution is 5.92. The summed E-state index contributed by atoms with van der Waals surface area (Å²) in [6.07, 6.45) is 10.7. The third kappa shape index (κ3) is 3.49. The summed E-state index contributed by atoms with van der Waals surface area (Å²) < 4.78 is 1.77. The molecule has 7 heteroatoms. The third-order valence-corrected chi connectivity index (χ3v) is 6.11. The van der Waals surface area contributed by atoms with E-state index >= 15 is 0 Å². The molecule has 3 heterocycles. The lowest BCUT2D eigenvalue weighted by molar-refractivity contribution is -0.117. The molecule has 1 saturated heterocycles. The van der Waals surface area contributed by atoms with Crippen LogP contribution >= 0.6 is 0 Å². The molecule has 1 aliphatic heterocycles. The molecular weight excluding hydrogens is 352 g/mol. The SMILES string of the molecule is Cn1cc(-c2ccc3cnc(NC(=O)CN4CCC5(CC4)CC5)nc3c2)cn1. The minimum absolute atomic E-state index is 0.0467. The van der Waals surface area contributed by atoms with Crippen molar-refractivity contribution in [3.05, 3.63) is 36.8 Å². The van der Waals surface area contributed by atoms with Crippen molar-refractivity contribution in [3.8, 4) is 11.1 Å². The van der Waals surface area contributed by atoms with Crippen LogP contribution in [0.25, 0.3) is 22.0 Å². The number of carbonyl (C=O) groups excluding carboxylic acids is 1. The maximum Gasteiger partial charge on any atom is 0.240 e. The van der Waals surface area contributed by atoms with Crippen LogP contribution in [0.5, 0.6) is 0 Å². The minimum Gasteiger partial charge on any atom is -0.294 e. The Morgan fingerprint density at radius 3 is 2.68 bits per heavy atom. The zero-order valence-corrected chi connectivity index (χ0v) is 16.1. The molecule has 0 unspecified atom stereocenters. The van der Waals surface area contributed by atoms with E-state index in [4.69, 9.17) is 0 Å². The molecule has 2 fully saturated rings. The first kappa shape index (κ1) is 17.3. The maximum absolute atomic E-state index is 12.4. The van der Waals surface area contributed by atoms with Crippen LogP contribution < -0.4 is 5.32 Å². The average molecular weight is 376 g/mol. The van der Waals surface area contributed by atoms with Gasteiger partial charge < -0.3 is 0 Å². The zero-order valence-electron chi connectivity index (χ0n) is 16.1. The van der Waals surface area contributed by atoms with Crippen molar-refractivity contribution in [1.82, 2.24) is 24.6 Å². The Kier molecular flexibility index (Phi) is 4.12. The number of anilines is 1. The Balaban J connectivity index is 1.28. The van der Waals surface area contributed by atoms with Gasteiger partial charge in [-0.1, -0.05) is 12.1 Å². The predicted octanol–water partition coefficient (Wildman–Crippen LogP) is 2.84. The van der Waals surface area contributed by atoms with Crippen LogP contribution in [0.4, 0.5) is 5.95 Å². The summed E-state index contributed by atoms with van der Waals surface area (Å²) in [7, 11) is 1.90. The number of hydrogen-bond donors (Lipinski definition) is 1. The smallest absolute Gasteiger partial charge is 0.240 e. The molecule has 1 N–H and O–H groups in total. The lowest BCUT2D eigenvalue weighted by atomic mass is 9.94. The highest BCUT2D eigenvalue weighted by atomic mass is 16.2. The molecule has 1 saturated carbocycles. The number of nitrogens with zero attached hydrogens (tertiary/aromatic N) is 5. The second-order valence-electron chi connectivity index (χ2n) is 8.19. The number of amides is 1. The molecule has 0 radical (unpaired) electrons. The number of likely N-dealkylation sites (tertiary alicyclic amines) is 1. The molecule has 1 amide bonds. The molecule has 2 aromatic heterocycles. The van der Waals surface area contributed by atoms with Crippen LogP contribution in [0.1, 0.15) is 25.7 Å². The maximum atomic E-state index is 12.4. The Labute approximate surface area is 163 Å². The minimum atomic E-state index is -0.0467. The molecule has 1 spiro atoms. The largest absolute Gasteiger partial charge is 0.294 e. The standard InChI is InChI=1S/C21H24N6O/c1-26-13-17(12-23-26)15-2-3-16-11-22-20(24-18(16)10-15)25-19(28)14-27-8-6-21(4-5-21)7-9-27/h2-3,10-13H,4-9,14H2,1H3,(H,22,24,25,28). The van der Waals surface area contributed by atoms with Crippen molar-refractivity contribution in [1.29, 1.82) is 0 Å². The molecule has 1 aliphatic carbocycles. The van der Waals surface area contributed by atoms with E-state index in [-0.39, 0.29) is 5.91 Å². The highest BCUT2D eigenvalue weighted by Gasteiger charge is 2.44. The molecule has 5 rings (SSSR count). The average Bonchev–Trinajstić information content (AvgIpc) is 3.31. The number of aromatic nitrogens is 4. The number of piperidine rings is 1. The number of fused-ring (bicyclic) bond motifs is 1. The van der Waals surface area contributed by atoms with Gasteiger partial charge >= 0.3 is 0 Å². The normalized spacial score (nSPS) is 18.5. The zero-order chi connectivity index (χ0) is 19.1. The van der Waals surface area contributed by atoms with Crippen molar-refractivity contribution in [2.24, 2.45) is 12.5 Å². The van der Waals surface area contributed by atoms with Gasteiger partial charge in [0.2, 0.25) is 11.9 Å². The van der Waals surface area contributed by atoms with E-state index in [1.807, 2.05) is 37.6 Å². The summed E-state index contributed by atoms with van der Waals surface area (Å²) in [5.41, 5.74) is 3.51. The molecule has 28 heavy (non-hydrogen) atoms. The second-order valence-corrected chi connectivity index (χ2v) is 8.19. The lowest BCUT2D eigenvalue weighted by Gasteiger charge is -2.31. The van der Waals surface area contributed by atoms with Gasteiger partial charge in [0.25, 0.3) is 0 Å². The summed E-state index contributed by atoms with van der Waals surface area (Å²) in [4.78, 5) is 23.5. The lowest BCUT2D eigenvalue weighted by Crippen LogP contribution is -2.39. The number of rotatable bonds is 4. The van der Waals surface area contributed by atoms with Gasteiger partial charge in [-0.25, -0.2) is 9.97 Å². The fourth-order valence-electron chi connectivity index (χ4n) is 4.06. The molecule has 0 atom stereocenters. The van der Waals surface area contributed by atoms with E-state index in [0.717, 1.165) is 35.1 Å². The van der Waals surface area contributed by atoms with Crippen LogP contribution in [-0.4, -0.2) is 50.2 Å². The van der Waals surface area contributed by atoms with Crippen LogP contribution in [0.3, 0.4) is 0 Å². The molecule has 3 aromatic rings. The first-order chi connectivity index (χ1) is 13.6. The van der Waals surface area contributed by atoms with Crippen molar-refractivity contribution < 1.29 is 4.79 Å². The Morgan fingerprint density at radius 1 is 1.14 bits per heavy atom. The van der Waals surface area contributed by atoms with Crippen molar-refractivity contribution in [2.75, 3.05) is 25.0 Å². The van der Waals surface area contributed by atoms with Crippen molar-refractivity contribution >= 4 is 22.8 Å². The van der Waals surface area contributed by atoms with E-state index in [0.29, 0.717) is 17.9 Å². The number of aryl methyl sites for hydroxylation is 1. The summed E-state index contributed by atoms with van der Waals surface area (Å²) in [5.74, 6) is 0.311.